The standard InChI is InChI=1S/C23H18N4O2S/c1-14-6-5-8-17(10-14)22(28)25-21-11-15(2)26-27(21)23-24-18(13-30-23)20-12-16-7-3-4-9-19(16)29-20/h3-13H,1-2H3,(H,25,28). The predicted octanol–water partition coefficient (Wildman–Crippen LogP) is 5.61. The number of para-hydroxylation sites is 1. The quantitative estimate of drug-likeness (QED) is 0.415. The Morgan fingerprint density at radius 3 is 2.77 bits per heavy atom. The van der Waals surface area contributed by atoms with Gasteiger partial charge in [-0.05, 0) is 38.1 Å². The van der Waals surface area contributed by atoms with Gasteiger partial charge in [0.05, 0.1) is 5.69 Å². The zero-order chi connectivity index (χ0) is 20.7. The average Bonchev–Trinajstić information content (AvgIpc) is 3.45. The number of aryl methyl sites for hydroxylation is 2. The molecule has 0 aliphatic rings. The topological polar surface area (TPSA) is 73.0 Å². The Kier molecular flexibility index (Phi) is 4.44. The molecule has 5 rings (SSSR count). The van der Waals surface area contributed by atoms with Gasteiger partial charge in [-0.1, -0.05) is 35.9 Å². The lowest BCUT2D eigenvalue weighted by atomic mass is 10.1. The van der Waals surface area contributed by atoms with Crippen molar-refractivity contribution in [1.82, 2.24) is 14.8 Å². The lowest BCUT2D eigenvalue weighted by Gasteiger charge is -2.07. The highest BCUT2D eigenvalue weighted by Gasteiger charge is 2.17. The van der Waals surface area contributed by atoms with E-state index in [1.807, 2.05) is 73.8 Å². The Morgan fingerprint density at radius 1 is 1.07 bits per heavy atom. The summed E-state index contributed by atoms with van der Waals surface area (Å²) in [5.74, 6) is 1.09. The van der Waals surface area contributed by atoms with Crippen molar-refractivity contribution in [3.63, 3.8) is 0 Å². The minimum atomic E-state index is -0.186. The van der Waals surface area contributed by atoms with Crippen LogP contribution in [0.5, 0.6) is 0 Å². The molecule has 3 aromatic heterocycles. The number of amides is 1. The van der Waals surface area contributed by atoms with Crippen LogP contribution in [-0.2, 0) is 0 Å². The molecule has 0 atom stereocenters. The number of anilines is 1. The number of fused-ring (bicyclic) bond motifs is 1. The molecule has 148 valence electrons. The molecule has 0 fully saturated rings. The van der Waals surface area contributed by atoms with Crippen LogP contribution in [0.2, 0.25) is 0 Å². The van der Waals surface area contributed by atoms with Gasteiger partial charge in [0.1, 0.15) is 17.1 Å². The highest BCUT2D eigenvalue weighted by atomic mass is 32.1. The Morgan fingerprint density at radius 2 is 1.93 bits per heavy atom. The minimum Gasteiger partial charge on any atom is -0.454 e. The van der Waals surface area contributed by atoms with Crippen molar-refractivity contribution in [2.75, 3.05) is 5.32 Å². The first-order valence-electron chi connectivity index (χ1n) is 9.46. The van der Waals surface area contributed by atoms with Crippen LogP contribution >= 0.6 is 11.3 Å². The Bertz CT molecular complexity index is 1350. The monoisotopic (exact) mass is 414 g/mol. The predicted molar refractivity (Wildman–Crippen MR) is 118 cm³/mol. The van der Waals surface area contributed by atoms with Crippen molar-refractivity contribution in [3.8, 4) is 16.6 Å². The van der Waals surface area contributed by atoms with Gasteiger partial charge in [-0.2, -0.15) is 9.78 Å². The van der Waals surface area contributed by atoms with E-state index in [4.69, 9.17) is 4.42 Å². The van der Waals surface area contributed by atoms with Crippen molar-refractivity contribution in [2.24, 2.45) is 0 Å². The number of furan rings is 1. The number of hydrogen-bond donors (Lipinski definition) is 1. The average molecular weight is 414 g/mol. The van der Waals surface area contributed by atoms with E-state index in [1.54, 1.807) is 10.7 Å². The molecule has 0 unspecified atom stereocenters. The second kappa shape index (κ2) is 7.27. The summed E-state index contributed by atoms with van der Waals surface area (Å²) < 4.78 is 7.57. The first kappa shape index (κ1) is 18.3. The molecule has 3 heterocycles. The van der Waals surface area contributed by atoms with E-state index in [0.29, 0.717) is 22.3 Å². The molecule has 0 aliphatic heterocycles. The van der Waals surface area contributed by atoms with E-state index in [1.165, 1.54) is 11.3 Å². The molecule has 0 spiro atoms. The lowest BCUT2D eigenvalue weighted by Crippen LogP contribution is -2.15. The molecule has 30 heavy (non-hydrogen) atoms. The van der Waals surface area contributed by atoms with Crippen LogP contribution in [0.4, 0.5) is 5.82 Å². The van der Waals surface area contributed by atoms with Crippen LogP contribution in [-0.4, -0.2) is 20.7 Å². The van der Waals surface area contributed by atoms with Gasteiger partial charge >= 0.3 is 0 Å². The summed E-state index contributed by atoms with van der Waals surface area (Å²) >= 11 is 1.44. The highest BCUT2D eigenvalue weighted by Crippen LogP contribution is 2.30. The molecule has 2 aromatic carbocycles. The summed E-state index contributed by atoms with van der Waals surface area (Å²) in [4.78, 5) is 17.4. The summed E-state index contributed by atoms with van der Waals surface area (Å²) in [5.41, 5.74) is 3.97. The fourth-order valence-corrected chi connectivity index (χ4v) is 4.07. The number of carbonyl (C=O) groups excluding carboxylic acids is 1. The van der Waals surface area contributed by atoms with Gasteiger partial charge in [0.25, 0.3) is 5.91 Å². The molecule has 0 aliphatic carbocycles. The van der Waals surface area contributed by atoms with Gasteiger partial charge in [0, 0.05) is 22.4 Å². The summed E-state index contributed by atoms with van der Waals surface area (Å²) in [6.07, 6.45) is 0. The van der Waals surface area contributed by atoms with Crippen LogP contribution < -0.4 is 5.32 Å². The van der Waals surface area contributed by atoms with E-state index in [0.717, 1.165) is 27.9 Å². The summed E-state index contributed by atoms with van der Waals surface area (Å²) in [7, 11) is 0. The van der Waals surface area contributed by atoms with Gasteiger partial charge in [0.2, 0.25) is 5.13 Å². The molecule has 0 saturated carbocycles. The summed E-state index contributed by atoms with van der Waals surface area (Å²) in [5, 5.41) is 11.1. The SMILES string of the molecule is Cc1cccc(C(=O)Nc2cc(C)nn2-c2nc(-c3cc4ccccc4o3)cs2)c1. The number of thiazole rings is 1. The second-order valence-electron chi connectivity index (χ2n) is 7.07. The van der Waals surface area contributed by atoms with Gasteiger partial charge < -0.3 is 9.73 Å². The second-order valence-corrected chi connectivity index (χ2v) is 7.91. The molecule has 0 saturated heterocycles. The maximum Gasteiger partial charge on any atom is 0.256 e. The van der Waals surface area contributed by atoms with Crippen LogP contribution in [0.1, 0.15) is 21.6 Å². The molecule has 7 heteroatoms. The summed E-state index contributed by atoms with van der Waals surface area (Å²) in [6.45, 7) is 3.84. The molecule has 0 bridgehead atoms. The maximum absolute atomic E-state index is 12.7. The van der Waals surface area contributed by atoms with Crippen LogP contribution in [0.3, 0.4) is 0 Å². The van der Waals surface area contributed by atoms with Crippen molar-refractivity contribution >= 4 is 34.0 Å². The third-order valence-corrected chi connectivity index (χ3v) is 5.52. The molecular formula is C23H18N4O2S. The Hall–Kier alpha value is -3.71. The van der Waals surface area contributed by atoms with Crippen molar-refractivity contribution < 1.29 is 9.21 Å². The smallest absolute Gasteiger partial charge is 0.256 e. The fraction of sp³-hybridized carbons (Fsp3) is 0.0870. The zero-order valence-electron chi connectivity index (χ0n) is 16.4. The van der Waals surface area contributed by atoms with Gasteiger partial charge in [-0.25, -0.2) is 4.98 Å². The number of nitrogens with zero attached hydrogens (tertiary/aromatic N) is 3. The molecule has 1 amide bonds. The number of carbonyl (C=O) groups is 1. The molecule has 0 radical (unpaired) electrons. The Balaban J connectivity index is 1.46. The van der Waals surface area contributed by atoms with Crippen LogP contribution in [0.15, 0.2) is 70.5 Å². The highest BCUT2D eigenvalue weighted by molar-refractivity contribution is 7.12. The minimum absolute atomic E-state index is 0.186. The van der Waals surface area contributed by atoms with E-state index in [9.17, 15) is 4.79 Å². The third kappa shape index (κ3) is 3.40. The number of hydrogen-bond acceptors (Lipinski definition) is 5. The number of nitrogens with one attached hydrogen (secondary N) is 1. The van der Waals surface area contributed by atoms with E-state index < -0.39 is 0 Å². The van der Waals surface area contributed by atoms with E-state index >= 15 is 0 Å². The molecule has 6 nitrogen and oxygen atoms in total. The number of rotatable bonds is 4. The van der Waals surface area contributed by atoms with Crippen molar-refractivity contribution in [1.29, 1.82) is 0 Å². The summed E-state index contributed by atoms with van der Waals surface area (Å²) in [6, 6.07) is 19.1. The van der Waals surface area contributed by atoms with Crippen LogP contribution in [0.25, 0.3) is 27.6 Å². The first-order valence-corrected chi connectivity index (χ1v) is 10.3. The Labute approximate surface area is 176 Å². The zero-order valence-corrected chi connectivity index (χ0v) is 17.2. The van der Waals surface area contributed by atoms with Crippen molar-refractivity contribution in [3.05, 3.63) is 82.9 Å². The normalized spacial score (nSPS) is 11.1. The van der Waals surface area contributed by atoms with Gasteiger partial charge in [0.15, 0.2) is 5.76 Å². The largest absolute Gasteiger partial charge is 0.454 e. The fourth-order valence-electron chi connectivity index (χ4n) is 3.29. The van der Waals surface area contributed by atoms with Gasteiger partial charge in [-0.15, -0.1) is 11.3 Å². The maximum atomic E-state index is 12.7. The third-order valence-electron chi connectivity index (χ3n) is 4.70. The van der Waals surface area contributed by atoms with Crippen LogP contribution in [0, 0.1) is 13.8 Å². The van der Waals surface area contributed by atoms with E-state index in [2.05, 4.69) is 15.4 Å². The van der Waals surface area contributed by atoms with Crippen molar-refractivity contribution in [2.45, 2.75) is 13.8 Å². The molecule has 5 aromatic rings. The first-order chi connectivity index (χ1) is 14.6. The van der Waals surface area contributed by atoms with Gasteiger partial charge in [-0.3, -0.25) is 4.79 Å². The number of benzene rings is 2. The molecular weight excluding hydrogens is 396 g/mol. The van der Waals surface area contributed by atoms with E-state index in [-0.39, 0.29) is 5.91 Å². The lowest BCUT2D eigenvalue weighted by molar-refractivity contribution is 0.102. The number of aromatic nitrogens is 3. The molecule has 1 N–H and O–H groups in total.